The number of ether oxygens (including phenoxy) is 1. The molecule has 20 heavy (non-hydrogen) atoms. The third-order valence-electron chi connectivity index (χ3n) is 2.12. The lowest BCUT2D eigenvalue weighted by Gasteiger charge is -2.08. The Hall–Kier alpha value is -1.73. The van der Waals surface area contributed by atoms with Gasteiger partial charge in [-0.25, -0.2) is 4.79 Å². The minimum absolute atomic E-state index is 0.0227. The minimum atomic E-state index is -0.992. The molecule has 0 aliphatic carbocycles. The molecule has 0 heterocycles. The number of carboxylic acids is 1. The van der Waals surface area contributed by atoms with Crippen molar-refractivity contribution in [3.63, 3.8) is 0 Å². The summed E-state index contributed by atoms with van der Waals surface area (Å²) >= 11 is 6.87. The average molecular weight is 318 g/mol. The Labute approximate surface area is 124 Å². The normalized spacial score (nSPS) is 9.90. The van der Waals surface area contributed by atoms with Crippen molar-refractivity contribution < 1.29 is 24.2 Å². The second-order valence-corrected chi connectivity index (χ2v) is 5.01. The predicted molar refractivity (Wildman–Crippen MR) is 76.4 cm³/mol. The van der Waals surface area contributed by atoms with E-state index in [0.29, 0.717) is 0 Å². The fourth-order valence-corrected chi connectivity index (χ4v) is 1.98. The predicted octanol–water partition coefficient (Wildman–Crippen LogP) is 1.88. The summed E-state index contributed by atoms with van der Waals surface area (Å²) in [5, 5.41) is 11.2. The molecule has 0 aromatic heterocycles. The third kappa shape index (κ3) is 5.10. The molecule has 0 radical (unpaired) electrons. The number of esters is 1. The summed E-state index contributed by atoms with van der Waals surface area (Å²) in [6, 6.07) is 4.34. The second kappa shape index (κ2) is 7.76. The van der Waals surface area contributed by atoms with E-state index in [9.17, 15) is 14.4 Å². The Balaban J connectivity index is 2.68. The number of carbonyl (C=O) groups is 3. The van der Waals surface area contributed by atoms with Crippen LogP contribution in [0.5, 0.6) is 0 Å². The number of rotatable bonds is 6. The fraction of sp³-hybridized carbons (Fsp3) is 0.250. The molecule has 0 spiro atoms. The molecule has 1 aromatic rings. The van der Waals surface area contributed by atoms with E-state index in [1.165, 1.54) is 25.3 Å². The van der Waals surface area contributed by atoms with Crippen LogP contribution in [0.15, 0.2) is 18.2 Å². The van der Waals surface area contributed by atoms with Gasteiger partial charge in [0.25, 0.3) is 0 Å². The van der Waals surface area contributed by atoms with E-state index in [2.05, 4.69) is 10.1 Å². The van der Waals surface area contributed by atoms with Crippen molar-refractivity contribution in [3.05, 3.63) is 28.8 Å². The van der Waals surface area contributed by atoms with Crippen molar-refractivity contribution in [2.45, 2.75) is 0 Å². The Bertz CT molecular complexity index is 535. The number of carboxylic acid groups (broad SMARTS) is 1. The van der Waals surface area contributed by atoms with Gasteiger partial charge in [0.05, 0.1) is 34.9 Å². The highest BCUT2D eigenvalue weighted by Crippen LogP contribution is 2.23. The zero-order valence-electron chi connectivity index (χ0n) is 10.5. The van der Waals surface area contributed by atoms with Crippen LogP contribution in [0.3, 0.4) is 0 Å². The van der Waals surface area contributed by atoms with Crippen molar-refractivity contribution in [3.8, 4) is 0 Å². The lowest BCUT2D eigenvalue weighted by atomic mass is 10.2. The number of halogens is 1. The molecule has 8 heteroatoms. The van der Waals surface area contributed by atoms with E-state index in [1.54, 1.807) is 0 Å². The molecule has 0 unspecified atom stereocenters. The Morgan fingerprint density at radius 2 is 2.05 bits per heavy atom. The maximum atomic E-state index is 11.6. The highest BCUT2D eigenvalue weighted by atomic mass is 35.5. The Kier molecular flexibility index (Phi) is 6.33. The summed E-state index contributed by atoms with van der Waals surface area (Å²) in [4.78, 5) is 33.3. The number of carbonyl (C=O) groups excluding carboxylic acids is 2. The van der Waals surface area contributed by atoms with Gasteiger partial charge in [0, 0.05) is 0 Å². The second-order valence-electron chi connectivity index (χ2n) is 3.62. The van der Waals surface area contributed by atoms with Crippen LogP contribution >= 0.6 is 23.4 Å². The standard InChI is InChI=1S/C12H12ClNO5S/c1-19-12(18)7-2-3-8(13)9(4-7)14-10(15)5-20-6-11(16)17/h2-4H,5-6H2,1H3,(H,14,15)(H,16,17). The first-order chi connectivity index (χ1) is 9.43. The van der Waals surface area contributed by atoms with Gasteiger partial charge in [-0.1, -0.05) is 11.6 Å². The molecule has 0 fully saturated rings. The van der Waals surface area contributed by atoms with Gasteiger partial charge in [-0.2, -0.15) is 0 Å². The lowest BCUT2D eigenvalue weighted by Crippen LogP contribution is -2.16. The first-order valence-electron chi connectivity index (χ1n) is 5.41. The molecule has 0 saturated carbocycles. The van der Waals surface area contributed by atoms with Gasteiger partial charge >= 0.3 is 11.9 Å². The first kappa shape index (κ1) is 16.3. The molecular weight excluding hydrogens is 306 g/mol. The highest BCUT2D eigenvalue weighted by Gasteiger charge is 2.11. The molecule has 0 atom stereocenters. The smallest absolute Gasteiger partial charge is 0.337 e. The molecule has 0 aliphatic rings. The number of hydrogen-bond donors (Lipinski definition) is 2. The zero-order chi connectivity index (χ0) is 15.1. The molecule has 6 nitrogen and oxygen atoms in total. The van der Waals surface area contributed by atoms with E-state index in [-0.39, 0.29) is 27.8 Å². The van der Waals surface area contributed by atoms with Gasteiger partial charge in [0.1, 0.15) is 0 Å². The van der Waals surface area contributed by atoms with E-state index in [1.807, 2.05) is 0 Å². The van der Waals surface area contributed by atoms with Gasteiger partial charge in [-0.3, -0.25) is 9.59 Å². The molecule has 2 N–H and O–H groups in total. The Morgan fingerprint density at radius 1 is 1.35 bits per heavy atom. The number of anilines is 1. The fourth-order valence-electron chi connectivity index (χ4n) is 1.28. The van der Waals surface area contributed by atoms with Crippen molar-refractivity contribution >= 4 is 46.9 Å². The maximum absolute atomic E-state index is 11.6. The van der Waals surface area contributed by atoms with Gasteiger partial charge in [-0.05, 0) is 18.2 Å². The number of methoxy groups -OCH3 is 1. The van der Waals surface area contributed by atoms with Crippen LogP contribution in [0.25, 0.3) is 0 Å². The van der Waals surface area contributed by atoms with Gasteiger partial charge in [0.15, 0.2) is 0 Å². The van der Waals surface area contributed by atoms with Crippen LogP contribution < -0.4 is 5.32 Å². The number of aliphatic carboxylic acids is 1. The Morgan fingerprint density at radius 3 is 2.65 bits per heavy atom. The van der Waals surface area contributed by atoms with Crippen molar-refractivity contribution in [1.82, 2.24) is 0 Å². The first-order valence-corrected chi connectivity index (χ1v) is 6.94. The topological polar surface area (TPSA) is 92.7 Å². The molecule has 1 amide bonds. The number of nitrogens with one attached hydrogen (secondary N) is 1. The van der Waals surface area contributed by atoms with Crippen LogP contribution in [0.2, 0.25) is 5.02 Å². The monoisotopic (exact) mass is 317 g/mol. The molecule has 1 aromatic carbocycles. The molecule has 0 aliphatic heterocycles. The summed E-state index contributed by atoms with van der Waals surface area (Å²) in [5.41, 5.74) is 0.529. The van der Waals surface area contributed by atoms with Gasteiger partial charge in [0.2, 0.25) is 5.91 Å². The van der Waals surface area contributed by atoms with Crippen molar-refractivity contribution in [2.24, 2.45) is 0 Å². The lowest BCUT2D eigenvalue weighted by molar-refractivity contribution is -0.133. The zero-order valence-corrected chi connectivity index (χ0v) is 12.1. The van der Waals surface area contributed by atoms with E-state index in [0.717, 1.165) is 11.8 Å². The van der Waals surface area contributed by atoms with Crippen LogP contribution in [-0.4, -0.2) is 41.6 Å². The van der Waals surface area contributed by atoms with Gasteiger partial charge < -0.3 is 15.2 Å². The maximum Gasteiger partial charge on any atom is 0.337 e. The number of thioether (sulfide) groups is 1. The van der Waals surface area contributed by atoms with E-state index >= 15 is 0 Å². The summed E-state index contributed by atoms with van der Waals surface area (Å²) in [6.45, 7) is 0. The van der Waals surface area contributed by atoms with E-state index in [4.69, 9.17) is 16.7 Å². The molecule has 0 bridgehead atoms. The highest BCUT2D eigenvalue weighted by molar-refractivity contribution is 8.00. The third-order valence-corrected chi connectivity index (χ3v) is 3.37. The van der Waals surface area contributed by atoms with E-state index < -0.39 is 17.8 Å². The van der Waals surface area contributed by atoms with Crippen LogP contribution in [0, 0.1) is 0 Å². The largest absolute Gasteiger partial charge is 0.481 e. The van der Waals surface area contributed by atoms with Gasteiger partial charge in [-0.15, -0.1) is 11.8 Å². The molecular formula is C12H12ClNO5S. The van der Waals surface area contributed by atoms with Crippen molar-refractivity contribution in [1.29, 1.82) is 0 Å². The summed E-state index contributed by atoms with van der Waals surface area (Å²) in [7, 11) is 1.25. The molecule has 108 valence electrons. The van der Waals surface area contributed by atoms with Crippen LogP contribution in [0.1, 0.15) is 10.4 Å². The minimum Gasteiger partial charge on any atom is -0.481 e. The SMILES string of the molecule is COC(=O)c1ccc(Cl)c(NC(=O)CSCC(=O)O)c1. The summed E-state index contributed by atoms with van der Waals surface area (Å²) < 4.78 is 4.56. The average Bonchev–Trinajstić information content (AvgIpc) is 2.40. The molecule has 1 rings (SSSR count). The van der Waals surface area contributed by atoms with Crippen LogP contribution in [-0.2, 0) is 14.3 Å². The number of hydrogen-bond acceptors (Lipinski definition) is 5. The summed E-state index contributed by atoms with van der Waals surface area (Å²) in [5.74, 6) is -2.12. The van der Waals surface area contributed by atoms with Crippen molar-refractivity contribution in [2.75, 3.05) is 23.9 Å². The summed E-state index contributed by atoms with van der Waals surface area (Å²) in [6.07, 6.45) is 0. The number of amides is 1. The van der Waals surface area contributed by atoms with Crippen LogP contribution in [0.4, 0.5) is 5.69 Å². The number of benzene rings is 1. The molecule has 0 saturated heterocycles. The quantitative estimate of drug-likeness (QED) is 0.778.